The number of hydrogen-bond acceptors (Lipinski definition) is 4. The van der Waals surface area contributed by atoms with Crippen LogP contribution >= 0.6 is 35.6 Å². The molecule has 1 aromatic carbocycles. The van der Waals surface area contributed by atoms with Crippen LogP contribution in [0.15, 0.2) is 29.2 Å². The number of thiocarbonyl (C=S) groups is 1. The van der Waals surface area contributed by atoms with Gasteiger partial charge in [-0.15, -0.1) is 0 Å². The summed E-state index contributed by atoms with van der Waals surface area (Å²) in [6, 6.07) is 6.10. The highest BCUT2D eigenvalue weighted by Crippen LogP contribution is 2.34. The molecule has 1 aliphatic heterocycles. The third-order valence-corrected chi connectivity index (χ3v) is 4.43. The van der Waals surface area contributed by atoms with Gasteiger partial charge in [0.05, 0.1) is 4.91 Å². The molecule has 4 nitrogen and oxygen atoms in total. The fourth-order valence-corrected chi connectivity index (χ4v) is 3.26. The van der Waals surface area contributed by atoms with E-state index < -0.39 is 17.9 Å². The molecule has 0 aliphatic carbocycles. The molecule has 0 unspecified atom stereocenters. The highest BCUT2D eigenvalue weighted by atomic mass is 35.5. The number of rotatable bonds is 3. The Balaban J connectivity index is 2.33. The van der Waals surface area contributed by atoms with Crippen LogP contribution in [0.1, 0.15) is 12.5 Å². The Morgan fingerprint density at radius 2 is 2.15 bits per heavy atom. The number of nitrogens with zero attached hydrogens (tertiary/aromatic N) is 1. The number of hydrogen-bond donors (Lipinski definition) is 1. The SMILES string of the molecule is C[C@@H](C(=O)O)N1C(=O)/C(=C\c2ccccc2Cl)SC1=S. The van der Waals surface area contributed by atoms with E-state index >= 15 is 0 Å². The van der Waals surface area contributed by atoms with Gasteiger partial charge < -0.3 is 5.11 Å². The van der Waals surface area contributed by atoms with E-state index in [9.17, 15) is 9.59 Å². The van der Waals surface area contributed by atoms with Crippen molar-refractivity contribution in [1.82, 2.24) is 4.90 Å². The summed E-state index contributed by atoms with van der Waals surface area (Å²) in [6.07, 6.45) is 1.62. The average molecular weight is 328 g/mol. The largest absolute Gasteiger partial charge is 0.480 e. The zero-order valence-electron chi connectivity index (χ0n) is 10.4. The molecule has 1 aliphatic rings. The van der Waals surface area contributed by atoms with Crippen molar-refractivity contribution < 1.29 is 14.7 Å². The van der Waals surface area contributed by atoms with E-state index in [0.29, 0.717) is 15.5 Å². The van der Waals surface area contributed by atoms with E-state index in [1.54, 1.807) is 30.3 Å². The average Bonchev–Trinajstić information content (AvgIpc) is 2.66. The number of carbonyl (C=O) groups excluding carboxylic acids is 1. The summed E-state index contributed by atoms with van der Waals surface area (Å²) in [6.45, 7) is 1.42. The molecule has 0 radical (unpaired) electrons. The van der Waals surface area contributed by atoms with E-state index in [4.69, 9.17) is 28.9 Å². The highest BCUT2D eigenvalue weighted by molar-refractivity contribution is 8.26. The second-order valence-electron chi connectivity index (χ2n) is 4.09. The summed E-state index contributed by atoms with van der Waals surface area (Å²) in [5.41, 5.74) is 0.692. The molecular weight excluding hydrogens is 318 g/mol. The van der Waals surface area contributed by atoms with Crippen LogP contribution in [0.4, 0.5) is 0 Å². The minimum absolute atomic E-state index is 0.239. The zero-order valence-corrected chi connectivity index (χ0v) is 12.8. The Hall–Kier alpha value is -1.37. The first-order chi connectivity index (χ1) is 9.41. The van der Waals surface area contributed by atoms with Crippen LogP contribution in [0, 0.1) is 0 Å². The predicted octanol–water partition coefficient (Wildman–Crippen LogP) is 3.01. The molecular formula is C13H10ClNO3S2. The lowest BCUT2D eigenvalue weighted by atomic mass is 10.2. The highest BCUT2D eigenvalue weighted by Gasteiger charge is 2.38. The molecule has 0 saturated carbocycles. The number of thioether (sulfide) groups is 1. The van der Waals surface area contributed by atoms with Crippen LogP contribution in [-0.4, -0.2) is 32.2 Å². The molecule has 2 rings (SSSR count). The smallest absolute Gasteiger partial charge is 0.326 e. The van der Waals surface area contributed by atoms with Crippen LogP contribution < -0.4 is 0 Å². The number of benzene rings is 1. The van der Waals surface area contributed by atoms with E-state index in [-0.39, 0.29) is 4.32 Å². The Bertz CT molecular complexity index is 630. The van der Waals surface area contributed by atoms with Gasteiger partial charge in [0.15, 0.2) is 0 Å². The maximum atomic E-state index is 12.2. The third-order valence-electron chi connectivity index (χ3n) is 2.76. The first kappa shape index (κ1) is 15.0. The van der Waals surface area contributed by atoms with Crippen molar-refractivity contribution in [3.63, 3.8) is 0 Å². The molecule has 1 amide bonds. The normalized spacial score (nSPS) is 18.7. The van der Waals surface area contributed by atoms with Crippen molar-refractivity contribution >= 4 is 57.9 Å². The van der Waals surface area contributed by atoms with E-state index in [1.807, 2.05) is 0 Å². The fraction of sp³-hybridized carbons (Fsp3) is 0.154. The predicted molar refractivity (Wildman–Crippen MR) is 83.6 cm³/mol. The topological polar surface area (TPSA) is 57.6 Å². The van der Waals surface area contributed by atoms with Crippen molar-refractivity contribution in [3.8, 4) is 0 Å². The molecule has 1 atom stereocenters. The van der Waals surface area contributed by atoms with E-state index in [0.717, 1.165) is 16.7 Å². The van der Waals surface area contributed by atoms with Gasteiger partial charge >= 0.3 is 5.97 Å². The lowest BCUT2D eigenvalue weighted by molar-refractivity contribution is -0.144. The maximum absolute atomic E-state index is 12.2. The van der Waals surface area contributed by atoms with Gasteiger partial charge in [0.25, 0.3) is 5.91 Å². The Morgan fingerprint density at radius 3 is 2.75 bits per heavy atom. The van der Waals surface area contributed by atoms with Crippen LogP contribution in [0.5, 0.6) is 0 Å². The van der Waals surface area contributed by atoms with Crippen LogP contribution in [0.2, 0.25) is 5.02 Å². The van der Waals surface area contributed by atoms with Crippen molar-refractivity contribution in [3.05, 3.63) is 39.8 Å². The summed E-state index contributed by atoms with van der Waals surface area (Å²) >= 11 is 12.2. The zero-order chi connectivity index (χ0) is 14.9. The molecule has 0 spiro atoms. The second kappa shape index (κ2) is 5.95. The number of carboxylic acids is 1. The van der Waals surface area contributed by atoms with Gasteiger partial charge in [0, 0.05) is 5.02 Å². The summed E-state index contributed by atoms with van der Waals surface area (Å²) < 4.78 is 0.239. The van der Waals surface area contributed by atoms with Crippen LogP contribution in [-0.2, 0) is 9.59 Å². The van der Waals surface area contributed by atoms with Crippen LogP contribution in [0.3, 0.4) is 0 Å². The minimum atomic E-state index is -1.10. The molecule has 1 N–H and O–H groups in total. The molecule has 0 bridgehead atoms. The van der Waals surface area contributed by atoms with Gasteiger partial charge in [-0.05, 0) is 24.6 Å². The third kappa shape index (κ3) is 2.87. The molecule has 20 heavy (non-hydrogen) atoms. The summed E-state index contributed by atoms with van der Waals surface area (Å²) in [5, 5.41) is 9.51. The van der Waals surface area contributed by atoms with Crippen molar-refractivity contribution in [2.45, 2.75) is 13.0 Å². The Kier molecular flexibility index (Phi) is 4.47. The molecule has 104 valence electrons. The van der Waals surface area contributed by atoms with Crippen molar-refractivity contribution in [1.29, 1.82) is 0 Å². The number of aliphatic carboxylic acids is 1. The van der Waals surface area contributed by atoms with Gasteiger partial charge in [0.2, 0.25) is 0 Å². The maximum Gasteiger partial charge on any atom is 0.326 e. The summed E-state index contributed by atoms with van der Waals surface area (Å²) in [4.78, 5) is 24.7. The van der Waals surface area contributed by atoms with Gasteiger partial charge in [-0.25, -0.2) is 4.79 Å². The van der Waals surface area contributed by atoms with Gasteiger partial charge in [-0.1, -0.05) is 53.8 Å². The Morgan fingerprint density at radius 1 is 1.50 bits per heavy atom. The van der Waals surface area contributed by atoms with E-state index in [2.05, 4.69) is 0 Å². The minimum Gasteiger partial charge on any atom is -0.480 e. The lowest BCUT2D eigenvalue weighted by Gasteiger charge is -2.18. The van der Waals surface area contributed by atoms with Gasteiger partial charge in [0.1, 0.15) is 10.4 Å². The summed E-state index contributed by atoms with van der Waals surface area (Å²) in [5.74, 6) is -1.50. The number of carbonyl (C=O) groups is 2. The summed E-state index contributed by atoms with van der Waals surface area (Å²) in [7, 11) is 0. The first-order valence-electron chi connectivity index (χ1n) is 5.66. The molecule has 1 saturated heterocycles. The van der Waals surface area contributed by atoms with Crippen LogP contribution in [0.25, 0.3) is 6.08 Å². The lowest BCUT2D eigenvalue weighted by Crippen LogP contribution is -2.41. The van der Waals surface area contributed by atoms with Crippen molar-refractivity contribution in [2.24, 2.45) is 0 Å². The number of amides is 1. The fourth-order valence-electron chi connectivity index (χ4n) is 1.66. The second-order valence-corrected chi connectivity index (χ2v) is 6.17. The first-order valence-corrected chi connectivity index (χ1v) is 7.26. The standard InChI is InChI=1S/C13H10ClNO3S2/c1-7(12(17)18)15-11(16)10(20-13(15)19)6-8-4-2-3-5-9(8)14/h2-7H,1H3,(H,17,18)/b10-6+/t7-/m0/s1. The molecule has 1 aromatic rings. The molecule has 0 aromatic heterocycles. The number of carboxylic acid groups (broad SMARTS) is 1. The molecule has 7 heteroatoms. The quantitative estimate of drug-likeness (QED) is 0.683. The van der Waals surface area contributed by atoms with Gasteiger partial charge in [-0.2, -0.15) is 0 Å². The molecule has 1 heterocycles. The van der Waals surface area contributed by atoms with Crippen molar-refractivity contribution in [2.75, 3.05) is 0 Å². The van der Waals surface area contributed by atoms with E-state index in [1.165, 1.54) is 6.92 Å². The number of halogens is 1. The monoisotopic (exact) mass is 327 g/mol. The Labute approximate surface area is 130 Å². The molecule has 1 fully saturated rings. The van der Waals surface area contributed by atoms with Gasteiger partial charge in [-0.3, -0.25) is 9.69 Å².